The molecule has 2 aromatic rings. The van der Waals surface area contributed by atoms with E-state index >= 15 is 0 Å². The molecule has 0 bridgehead atoms. The van der Waals surface area contributed by atoms with Crippen LogP contribution in [0.3, 0.4) is 0 Å². The lowest BCUT2D eigenvalue weighted by Crippen LogP contribution is -2.55. The van der Waals surface area contributed by atoms with Crippen molar-refractivity contribution in [1.29, 1.82) is 0 Å². The summed E-state index contributed by atoms with van der Waals surface area (Å²) in [5.41, 5.74) is 0.987. The third kappa shape index (κ3) is 3.94. The standard InChI is InChI=1S/C21H21F2N3O3S/c22-16-4-1-3-15(11-16)13-26-19(27)14-30(29)21(26)7-9-25(10-8-21)20(28)24-18-6-2-5-17(23)12-18/h1-6,11-12H,7-10,13-14H2,(H,24,28). The van der Waals surface area contributed by atoms with Crippen molar-refractivity contribution in [3.63, 3.8) is 0 Å². The first-order valence-corrected chi connectivity index (χ1v) is 10.9. The van der Waals surface area contributed by atoms with Crippen LogP contribution in [-0.2, 0) is 22.1 Å². The number of piperidine rings is 1. The van der Waals surface area contributed by atoms with E-state index in [4.69, 9.17) is 0 Å². The Bertz CT molecular complexity index is 1010. The number of likely N-dealkylation sites (tertiary alicyclic amines) is 1. The number of hydrogen-bond donors (Lipinski definition) is 1. The molecule has 0 aromatic heterocycles. The molecule has 0 saturated carbocycles. The van der Waals surface area contributed by atoms with Crippen LogP contribution in [0.25, 0.3) is 0 Å². The quantitative estimate of drug-likeness (QED) is 0.809. The second-order valence-electron chi connectivity index (χ2n) is 7.47. The lowest BCUT2D eigenvalue weighted by Gasteiger charge is -2.43. The highest BCUT2D eigenvalue weighted by Crippen LogP contribution is 2.38. The van der Waals surface area contributed by atoms with Gasteiger partial charge in [0.15, 0.2) is 0 Å². The van der Waals surface area contributed by atoms with Gasteiger partial charge in [-0.05, 0) is 35.9 Å². The molecule has 2 aliphatic rings. The first-order chi connectivity index (χ1) is 14.4. The third-order valence-electron chi connectivity index (χ3n) is 5.61. The summed E-state index contributed by atoms with van der Waals surface area (Å²) >= 11 is 0. The van der Waals surface area contributed by atoms with Gasteiger partial charge >= 0.3 is 6.03 Å². The van der Waals surface area contributed by atoms with Crippen LogP contribution in [0.15, 0.2) is 48.5 Å². The minimum absolute atomic E-state index is 0.0647. The fourth-order valence-electron chi connectivity index (χ4n) is 4.05. The third-order valence-corrected chi connectivity index (χ3v) is 7.59. The van der Waals surface area contributed by atoms with Crippen molar-refractivity contribution in [2.45, 2.75) is 24.3 Å². The average Bonchev–Trinajstić information content (AvgIpc) is 2.92. The summed E-state index contributed by atoms with van der Waals surface area (Å²) in [7, 11) is -1.40. The number of halogens is 2. The lowest BCUT2D eigenvalue weighted by atomic mass is 10.0. The Morgan fingerprint density at radius 1 is 1.07 bits per heavy atom. The highest BCUT2D eigenvalue weighted by molar-refractivity contribution is 7.87. The number of carbonyl (C=O) groups is 2. The molecule has 0 aliphatic carbocycles. The molecule has 2 saturated heterocycles. The summed E-state index contributed by atoms with van der Waals surface area (Å²) in [6.45, 7) is 0.789. The molecule has 9 heteroatoms. The van der Waals surface area contributed by atoms with E-state index in [2.05, 4.69) is 5.32 Å². The van der Waals surface area contributed by atoms with Gasteiger partial charge in [-0.25, -0.2) is 13.6 Å². The maximum absolute atomic E-state index is 13.6. The SMILES string of the molecule is O=C(Nc1cccc(F)c1)N1CCC2(CC1)N(Cc1cccc(F)c1)C(=O)CS2=O. The van der Waals surface area contributed by atoms with E-state index in [0.29, 0.717) is 37.2 Å². The van der Waals surface area contributed by atoms with Crippen molar-refractivity contribution < 1.29 is 22.6 Å². The van der Waals surface area contributed by atoms with Gasteiger partial charge in [0, 0.05) is 38.2 Å². The number of benzene rings is 2. The van der Waals surface area contributed by atoms with Crippen LogP contribution < -0.4 is 5.32 Å². The fraction of sp³-hybridized carbons (Fsp3) is 0.333. The van der Waals surface area contributed by atoms with Gasteiger partial charge in [-0.3, -0.25) is 9.00 Å². The minimum Gasteiger partial charge on any atom is -0.324 e. The highest BCUT2D eigenvalue weighted by atomic mass is 32.2. The highest BCUT2D eigenvalue weighted by Gasteiger charge is 2.53. The van der Waals surface area contributed by atoms with E-state index in [-0.39, 0.29) is 24.2 Å². The van der Waals surface area contributed by atoms with E-state index in [1.165, 1.54) is 30.3 Å². The molecular formula is C21H21F2N3O3S. The molecule has 158 valence electrons. The summed E-state index contributed by atoms with van der Waals surface area (Å²) in [6, 6.07) is 11.3. The largest absolute Gasteiger partial charge is 0.324 e. The Labute approximate surface area is 175 Å². The maximum Gasteiger partial charge on any atom is 0.321 e. The van der Waals surface area contributed by atoms with Gasteiger partial charge in [-0.1, -0.05) is 18.2 Å². The predicted molar refractivity (Wildman–Crippen MR) is 109 cm³/mol. The van der Waals surface area contributed by atoms with Crippen molar-refractivity contribution in [2.24, 2.45) is 0 Å². The zero-order valence-electron chi connectivity index (χ0n) is 16.1. The Morgan fingerprint density at radius 2 is 1.73 bits per heavy atom. The molecule has 4 rings (SSSR count). The van der Waals surface area contributed by atoms with Gasteiger partial charge in [0.2, 0.25) is 5.91 Å². The second kappa shape index (κ2) is 8.14. The molecule has 6 nitrogen and oxygen atoms in total. The predicted octanol–water partition coefficient (Wildman–Crippen LogP) is 3.08. The van der Waals surface area contributed by atoms with Crippen molar-refractivity contribution in [2.75, 3.05) is 24.2 Å². The summed E-state index contributed by atoms with van der Waals surface area (Å²) in [6.07, 6.45) is 0.717. The summed E-state index contributed by atoms with van der Waals surface area (Å²) in [5, 5.41) is 2.66. The molecule has 3 amide bonds. The number of nitrogens with zero attached hydrogens (tertiary/aromatic N) is 2. The van der Waals surface area contributed by atoms with Gasteiger partial charge in [0.05, 0.1) is 10.8 Å². The number of urea groups is 1. The van der Waals surface area contributed by atoms with Gasteiger partial charge in [0.25, 0.3) is 0 Å². The van der Waals surface area contributed by atoms with E-state index in [9.17, 15) is 22.6 Å². The molecule has 2 fully saturated rings. The van der Waals surface area contributed by atoms with Crippen LogP contribution >= 0.6 is 0 Å². The topological polar surface area (TPSA) is 69.7 Å². The molecule has 30 heavy (non-hydrogen) atoms. The normalized spacial score (nSPS) is 20.6. The van der Waals surface area contributed by atoms with E-state index in [0.717, 1.165) is 0 Å². The number of rotatable bonds is 3. The van der Waals surface area contributed by atoms with Crippen LogP contribution in [0, 0.1) is 11.6 Å². The van der Waals surface area contributed by atoms with Crippen LogP contribution in [0.5, 0.6) is 0 Å². The fourth-order valence-corrected chi connectivity index (χ4v) is 5.75. The first kappa shape index (κ1) is 20.5. The summed E-state index contributed by atoms with van der Waals surface area (Å²) < 4.78 is 39.7. The smallest absolute Gasteiger partial charge is 0.321 e. The molecule has 0 radical (unpaired) electrons. The van der Waals surface area contributed by atoms with E-state index in [1.54, 1.807) is 28.0 Å². The van der Waals surface area contributed by atoms with Crippen molar-refractivity contribution in [3.05, 3.63) is 65.7 Å². The van der Waals surface area contributed by atoms with Crippen LogP contribution in [0.2, 0.25) is 0 Å². The first-order valence-electron chi connectivity index (χ1n) is 9.62. The minimum atomic E-state index is -1.40. The molecule has 2 aliphatic heterocycles. The maximum atomic E-state index is 13.6. The molecule has 2 heterocycles. The van der Waals surface area contributed by atoms with Crippen LogP contribution in [-0.4, -0.2) is 49.7 Å². The van der Waals surface area contributed by atoms with Crippen LogP contribution in [0.4, 0.5) is 19.3 Å². The monoisotopic (exact) mass is 433 g/mol. The lowest BCUT2D eigenvalue weighted by molar-refractivity contribution is -0.131. The Kier molecular flexibility index (Phi) is 5.55. The summed E-state index contributed by atoms with van der Waals surface area (Å²) in [4.78, 5) is 27.4. The molecule has 1 atom stereocenters. The van der Waals surface area contributed by atoms with Crippen molar-refractivity contribution >= 4 is 28.4 Å². The molecule has 1 spiro atoms. The molecular weight excluding hydrogens is 412 g/mol. The average molecular weight is 433 g/mol. The van der Waals surface area contributed by atoms with Crippen molar-refractivity contribution in [1.82, 2.24) is 9.80 Å². The Hall–Kier alpha value is -2.81. The molecule has 1 N–H and O–H groups in total. The number of carbonyl (C=O) groups excluding carboxylic acids is 2. The van der Waals surface area contributed by atoms with E-state index < -0.39 is 27.3 Å². The zero-order valence-corrected chi connectivity index (χ0v) is 17.0. The van der Waals surface area contributed by atoms with Gasteiger partial charge in [0.1, 0.15) is 22.3 Å². The van der Waals surface area contributed by atoms with Crippen LogP contribution in [0.1, 0.15) is 18.4 Å². The van der Waals surface area contributed by atoms with Crippen molar-refractivity contribution in [3.8, 4) is 0 Å². The van der Waals surface area contributed by atoms with Gasteiger partial charge in [-0.15, -0.1) is 0 Å². The van der Waals surface area contributed by atoms with Gasteiger partial charge in [-0.2, -0.15) is 0 Å². The summed E-state index contributed by atoms with van der Waals surface area (Å²) in [5.74, 6) is -1.13. The Morgan fingerprint density at radius 3 is 2.40 bits per heavy atom. The number of nitrogens with one attached hydrogen (secondary N) is 1. The van der Waals surface area contributed by atoms with Gasteiger partial charge < -0.3 is 15.1 Å². The Balaban J connectivity index is 1.46. The zero-order chi connectivity index (χ0) is 21.3. The number of anilines is 1. The number of hydrogen-bond acceptors (Lipinski definition) is 3. The molecule has 1 unspecified atom stereocenters. The van der Waals surface area contributed by atoms with E-state index in [1.807, 2.05) is 0 Å². The second-order valence-corrected chi connectivity index (χ2v) is 9.21. The molecule has 2 aromatic carbocycles. The number of amides is 3.